The zero-order chi connectivity index (χ0) is 14.6. The van der Waals surface area contributed by atoms with E-state index in [1.54, 1.807) is 6.07 Å². The Hall–Kier alpha value is -2.56. The van der Waals surface area contributed by atoms with Crippen molar-refractivity contribution >= 4 is 11.0 Å². The van der Waals surface area contributed by atoms with Gasteiger partial charge in [-0.1, -0.05) is 6.07 Å². The summed E-state index contributed by atoms with van der Waals surface area (Å²) in [6.45, 7) is 0. The first-order valence-electron chi connectivity index (χ1n) is 6.84. The second-order valence-electron chi connectivity index (χ2n) is 5.35. The standard InChI is InChI=1S/C16H13FN2O2/c17-12-2-1-3-13-15(12)18-16(19(13)9-4-5-9)11-8-10(20)6-7-14(11)21/h1-3,6-9,20-21H,4-5H2. The lowest BCUT2D eigenvalue weighted by molar-refractivity contribution is 0.461. The lowest BCUT2D eigenvalue weighted by Crippen LogP contribution is -1.97. The van der Waals surface area contributed by atoms with Crippen molar-refractivity contribution in [3.05, 3.63) is 42.2 Å². The van der Waals surface area contributed by atoms with E-state index in [9.17, 15) is 14.6 Å². The summed E-state index contributed by atoms with van der Waals surface area (Å²) in [6, 6.07) is 9.40. The van der Waals surface area contributed by atoms with Crippen LogP contribution in [0.1, 0.15) is 18.9 Å². The van der Waals surface area contributed by atoms with Crippen molar-refractivity contribution in [3.8, 4) is 22.9 Å². The fourth-order valence-electron chi connectivity index (χ4n) is 2.68. The SMILES string of the molecule is Oc1ccc(O)c(-c2nc3c(F)cccc3n2C2CC2)c1. The highest BCUT2D eigenvalue weighted by atomic mass is 19.1. The second kappa shape index (κ2) is 4.22. The molecule has 0 spiro atoms. The number of fused-ring (bicyclic) bond motifs is 1. The summed E-state index contributed by atoms with van der Waals surface area (Å²) in [4.78, 5) is 4.36. The van der Waals surface area contributed by atoms with Crippen LogP contribution >= 0.6 is 0 Å². The van der Waals surface area contributed by atoms with Crippen LogP contribution in [-0.4, -0.2) is 19.8 Å². The molecule has 2 aromatic carbocycles. The van der Waals surface area contributed by atoms with Gasteiger partial charge in [-0.3, -0.25) is 0 Å². The summed E-state index contributed by atoms with van der Waals surface area (Å²) in [5, 5.41) is 19.7. The molecule has 0 saturated heterocycles. The molecule has 106 valence electrons. The van der Waals surface area contributed by atoms with E-state index < -0.39 is 0 Å². The molecule has 1 saturated carbocycles. The highest BCUT2D eigenvalue weighted by Gasteiger charge is 2.30. The van der Waals surface area contributed by atoms with Crippen molar-refractivity contribution < 1.29 is 14.6 Å². The average Bonchev–Trinajstić information content (AvgIpc) is 3.22. The molecular formula is C16H13FN2O2. The van der Waals surface area contributed by atoms with E-state index in [1.165, 1.54) is 24.3 Å². The molecule has 1 fully saturated rings. The first-order chi connectivity index (χ1) is 10.1. The van der Waals surface area contributed by atoms with Crippen molar-refractivity contribution in [1.29, 1.82) is 0 Å². The van der Waals surface area contributed by atoms with Gasteiger partial charge < -0.3 is 14.8 Å². The largest absolute Gasteiger partial charge is 0.508 e. The number of nitrogens with zero attached hydrogens (tertiary/aromatic N) is 2. The van der Waals surface area contributed by atoms with Crippen molar-refractivity contribution in [2.75, 3.05) is 0 Å². The van der Waals surface area contributed by atoms with Crippen molar-refractivity contribution in [1.82, 2.24) is 9.55 Å². The van der Waals surface area contributed by atoms with Crippen molar-refractivity contribution in [2.24, 2.45) is 0 Å². The maximum Gasteiger partial charge on any atom is 0.151 e. The van der Waals surface area contributed by atoms with Crippen LogP contribution in [0.2, 0.25) is 0 Å². The zero-order valence-corrected chi connectivity index (χ0v) is 11.1. The fourth-order valence-corrected chi connectivity index (χ4v) is 2.68. The minimum absolute atomic E-state index is 0.0189. The van der Waals surface area contributed by atoms with E-state index in [2.05, 4.69) is 4.98 Å². The number of hydrogen-bond donors (Lipinski definition) is 2. The van der Waals surface area contributed by atoms with E-state index in [1.807, 2.05) is 10.6 Å². The first kappa shape index (κ1) is 12.2. The van der Waals surface area contributed by atoms with Crippen LogP contribution in [0.3, 0.4) is 0 Å². The molecule has 1 heterocycles. The average molecular weight is 284 g/mol. The zero-order valence-electron chi connectivity index (χ0n) is 11.1. The third-order valence-electron chi connectivity index (χ3n) is 3.80. The molecule has 0 bridgehead atoms. The number of imidazole rings is 1. The van der Waals surface area contributed by atoms with E-state index in [4.69, 9.17) is 0 Å². The van der Waals surface area contributed by atoms with Gasteiger partial charge in [-0.15, -0.1) is 0 Å². The highest BCUT2D eigenvalue weighted by Crippen LogP contribution is 2.43. The topological polar surface area (TPSA) is 58.3 Å². The van der Waals surface area contributed by atoms with E-state index in [-0.39, 0.29) is 23.4 Å². The number of rotatable bonds is 2. The minimum Gasteiger partial charge on any atom is -0.508 e. The molecule has 0 amide bonds. The fraction of sp³-hybridized carbons (Fsp3) is 0.188. The molecule has 0 aliphatic heterocycles. The van der Waals surface area contributed by atoms with Crippen molar-refractivity contribution in [2.45, 2.75) is 18.9 Å². The molecule has 21 heavy (non-hydrogen) atoms. The molecule has 1 aromatic heterocycles. The Morgan fingerprint density at radius 1 is 1.14 bits per heavy atom. The summed E-state index contributed by atoms with van der Waals surface area (Å²) < 4.78 is 15.9. The van der Waals surface area contributed by atoms with E-state index >= 15 is 0 Å². The monoisotopic (exact) mass is 284 g/mol. The van der Waals surface area contributed by atoms with Gasteiger partial charge in [0.25, 0.3) is 0 Å². The lowest BCUT2D eigenvalue weighted by atomic mass is 10.1. The number of halogens is 1. The molecule has 5 heteroatoms. The number of hydrogen-bond acceptors (Lipinski definition) is 3. The summed E-state index contributed by atoms with van der Waals surface area (Å²) in [7, 11) is 0. The number of aromatic nitrogens is 2. The van der Waals surface area contributed by atoms with Gasteiger partial charge in [0.1, 0.15) is 22.8 Å². The third-order valence-corrected chi connectivity index (χ3v) is 3.80. The van der Waals surface area contributed by atoms with Crippen LogP contribution in [0, 0.1) is 5.82 Å². The summed E-state index contributed by atoms with van der Waals surface area (Å²) in [5.74, 6) is 0.168. The number of phenols is 2. The van der Waals surface area contributed by atoms with Gasteiger partial charge in [0, 0.05) is 6.04 Å². The van der Waals surface area contributed by atoms with Gasteiger partial charge in [0.2, 0.25) is 0 Å². The third kappa shape index (κ3) is 1.85. The van der Waals surface area contributed by atoms with Gasteiger partial charge >= 0.3 is 0 Å². The quantitative estimate of drug-likeness (QED) is 0.707. The molecule has 0 unspecified atom stereocenters. The number of phenolic OH excluding ortho intramolecular Hbond substituents is 2. The molecule has 1 aliphatic carbocycles. The van der Waals surface area contributed by atoms with Gasteiger partial charge in [-0.2, -0.15) is 0 Å². The van der Waals surface area contributed by atoms with E-state index in [0.29, 0.717) is 16.9 Å². The van der Waals surface area contributed by atoms with Crippen LogP contribution < -0.4 is 0 Å². The maximum absolute atomic E-state index is 14.0. The second-order valence-corrected chi connectivity index (χ2v) is 5.35. The molecule has 4 rings (SSSR count). The predicted octanol–water partition coefficient (Wildman–Crippen LogP) is 3.59. The summed E-state index contributed by atoms with van der Waals surface area (Å²) in [6.07, 6.45) is 2.02. The Morgan fingerprint density at radius 2 is 1.95 bits per heavy atom. The van der Waals surface area contributed by atoms with E-state index in [0.717, 1.165) is 18.4 Å². The highest BCUT2D eigenvalue weighted by molar-refractivity contribution is 5.83. The van der Waals surface area contributed by atoms with Gasteiger partial charge in [0.15, 0.2) is 5.82 Å². The smallest absolute Gasteiger partial charge is 0.151 e. The number of aromatic hydroxyl groups is 2. The number of para-hydroxylation sites is 1. The Labute approximate surface area is 120 Å². The maximum atomic E-state index is 14.0. The van der Waals surface area contributed by atoms with Crippen LogP contribution in [0.15, 0.2) is 36.4 Å². The van der Waals surface area contributed by atoms with Gasteiger partial charge in [-0.05, 0) is 43.2 Å². The molecule has 2 N–H and O–H groups in total. The lowest BCUT2D eigenvalue weighted by Gasteiger charge is -2.09. The van der Waals surface area contributed by atoms with Gasteiger partial charge in [0.05, 0.1) is 11.1 Å². The summed E-state index contributed by atoms with van der Waals surface area (Å²) in [5.41, 5.74) is 1.43. The Bertz CT molecular complexity index is 853. The first-order valence-corrected chi connectivity index (χ1v) is 6.84. The van der Waals surface area contributed by atoms with Crippen LogP contribution in [0.5, 0.6) is 11.5 Å². The van der Waals surface area contributed by atoms with Crippen LogP contribution in [0.4, 0.5) is 4.39 Å². The Morgan fingerprint density at radius 3 is 2.71 bits per heavy atom. The molecule has 0 radical (unpaired) electrons. The van der Waals surface area contributed by atoms with Crippen molar-refractivity contribution in [3.63, 3.8) is 0 Å². The van der Waals surface area contributed by atoms with Gasteiger partial charge in [-0.25, -0.2) is 9.37 Å². The molecule has 0 atom stereocenters. The predicted molar refractivity (Wildman–Crippen MR) is 76.7 cm³/mol. The Balaban J connectivity index is 2.06. The Kier molecular flexibility index (Phi) is 2.45. The normalized spacial score (nSPS) is 14.7. The number of benzene rings is 2. The van der Waals surface area contributed by atoms with Crippen LogP contribution in [-0.2, 0) is 0 Å². The molecule has 3 aromatic rings. The van der Waals surface area contributed by atoms with Crippen LogP contribution in [0.25, 0.3) is 22.4 Å². The minimum atomic E-state index is -0.382. The summed E-state index contributed by atoms with van der Waals surface area (Å²) >= 11 is 0. The molecule has 4 nitrogen and oxygen atoms in total. The molecular weight excluding hydrogens is 271 g/mol. The molecule has 1 aliphatic rings.